The summed E-state index contributed by atoms with van der Waals surface area (Å²) in [5.41, 5.74) is 5.35. The van der Waals surface area contributed by atoms with Gasteiger partial charge in [-0.15, -0.1) is 0 Å². The summed E-state index contributed by atoms with van der Waals surface area (Å²) < 4.78 is 0. The number of hydrogen-bond donors (Lipinski definition) is 2. The van der Waals surface area contributed by atoms with Gasteiger partial charge in [-0.1, -0.05) is 13.3 Å². The van der Waals surface area contributed by atoms with Crippen LogP contribution >= 0.6 is 0 Å². The van der Waals surface area contributed by atoms with Crippen LogP contribution in [0.3, 0.4) is 0 Å². The van der Waals surface area contributed by atoms with Crippen molar-refractivity contribution in [1.82, 2.24) is 5.32 Å². The number of rotatable bonds is 10. The van der Waals surface area contributed by atoms with E-state index in [0.717, 1.165) is 25.7 Å². The molecule has 0 aromatic rings. The summed E-state index contributed by atoms with van der Waals surface area (Å²) in [6.07, 6.45) is 5.38. The molecule has 3 N–H and O–H groups in total. The fourth-order valence-corrected chi connectivity index (χ4v) is 1.39. The van der Waals surface area contributed by atoms with Gasteiger partial charge in [0.25, 0.3) is 0 Å². The predicted octanol–water partition coefficient (Wildman–Crippen LogP) is 1.38. The molecule has 0 fully saturated rings. The molecule has 0 atom stereocenters. The zero-order chi connectivity index (χ0) is 12.2. The van der Waals surface area contributed by atoms with E-state index in [2.05, 4.69) is 5.32 Å². The van der Waals surface area contributed by atoms with Gasteiger partial charge in [0.15, 0.2) is 0 Å². The largest absolute Gasteiger partial charge is 0.356 e. The van der Waals surface area contributed by atoms with Crippen molar-refractivity contribution in [3.05, 3.63) is 0 Å². The molecule has 0 spiro atoms. The van der Waals surface area contributed by atoms with E-state index in [1.165, 1.54) is 0 Å². The minimum atomic E-state index is 0.0842. The lowest BCUT2D eigenvalue weighted by molar-refractivity contribution is -0.122. The molecule has 4 heteroatoms. The summed E-state index contributed by atoms with van der Waals surface area (Å²) in [5, 5.41) is 2.82. The van der Waals surface area contributed by atoms with Crippen LogP contribution in [0.25, 0.3) is 0 Å². The first-order valence-electron chi connectivity index (χ1n) is 6.19. The van der Waals surface area contributed by atoms with Gasteiger partial charge in [-0.3, -0.25) is 9.59 Å². The average Bonchev–Trinajstić information content (AvgIpc) is 2.30. The third-order valence-corrected chi connectivity index (χ3v) is 2.46. The van der Waals surface area contributed by atoms with Crippen LogP contribution in [0.15, 0.2) is 0 Å². The first-order chi connectivity index (χ1) is 7.70. The molecule has 16 heavy (non-hydrogen) atoms. The summed E-state index contributed by atoms with van der Waals surface area (Å²) >= 11 is 0. The maximum Gasteiger partial charge on any atom is 0.219 e. The first kappa shape index (κ1) is 15.1. The molecular weight excluding hydrogens is 204 g/mol. The maximum absolute atomic E-state index is 11.3. The van der Waals surface area contributed by atoms with E-state index in [0.29, 0.717) is 32.4 Å². The molecule has 0 aliphatic heterocycles. The molecule has 0 aromatic heterocycles. The van der Waals surface area contributed by atoms with Crippen LogP contribution in [0, 0.1) is 0 Å². The summed E-state index contributed by atoms with van der Waals surface area (Å²) in [6, 6.07) is 0. The Morgan fingerprint density at radius 3 is 2.44 bits per heavy atom. The first-order valence-corrected chi connectivity index (χ1v) is 6.19. The second kappa shape index (κ2) is 10.6. The van der Waals surface area contributed by atoms with Gasteiger partial charge >= 0.3 is 0 Å². The van der Waals surface area contributed by atoms with Crippen molar-refractivity contribution >= 4 is 11.7 Å². The van der Waals surface area contributed by atoms with Gasteiger partial charge in [0, 0.05) is 25.8 Å². The van der Waals surface area contributed by atoms with Crippen molar-refractivity contribution in [3.8, 4) is 0 Å². The number of amides is 1. The van der Waals surface area contributed by atoms with Gasteiger partial charge in [-0.2, -0.15) is 0 Å². The molecule has 0 rings (SSSR count). The van der Waals surface area contributed by atoms with Crippen LogP contribution in [0.5, 0.6) is 0 Å². The van der Waals surface area contributed by atoms with Crippen molar-refractivity contribution in [3.63, 3.8) is 0 Å². The second-order valence-electron chi connectivity index (χ2n) is 3.95. The molecule has 0 aliphatic rings. The van der Waals surface area contributed by atoms with E-state index in [1.54, 1.807) is 0 Å². The van der Waals surface area contributed by atoms with Crippen molar-refractivity contribution in [2.45, 2.75) is 51.9 Å². The van der Waals surface area contributed by atoms with Crippen LogP contribution in [0.1, 0.15) is 51.9 Å². The number of hydrogen-bond acceptors (Lipinski definition) is 3. The molecule has 1 amide bonds. The van der Waals surface area contributed by atoms with Gasteiger partial charge in [0.1, 0.15) is 5.78 Å². The van der Waals surface area contributed by atoms with Gasteiger partial charge in [-0.25, -0.2) is 0 Å². The van der Waals surface area contributed by atoms with Crippen molar-refractivity contribution < 1.29 is 9.59 Å². The number of Topliss-reactive ketones (excluding diaryl/α,β-unsaturated/α-hetero) is 1. The zero-order valence-electron chi connectivity index (χ0n) is 10.3. The minimum Gasteiger partial charge on any atom is -0.356 e. The van der Waals surface area contributed by atoms with Crippen LogP contribution in [0.2, 0.25) is 0 Å². The lowest BCUT2D eigenvalue weighted by Gasteiger charge is -2.04. The Bertz CT molecular complexity index is 205. The highest BCUT2D eigenvalue weighted by molar-refractivity contribution is 5.78. The maximum atomic E-state index is 11.3. The zero-order valence-corrected chi connectivity index (χ0v) is 10.3. The molecular formula is C12H24N2O2. The second-order valence-corrected chi connectivity index (χ2v) is 3.95. The Morgan fingerprint density at radius 1 is 1.06 bits per heavy atom. The molecule has 0 saturated heterocycles. The molecule has 0 saturated carbocycles. The number of carbonyl (C=O) groups is 2. The third kappa shape index (κ3) is 9.65. The normalized spacial score (nSPS) is 10.1. The highest BCUT2D eigenvalue weighted by Gasteiger charge is 2.01. The summed E-state index contributed by atoms with van der Waals surface area (Å²) in [6.45, 7) is 3.17. The van der Waals surface area contributed by atoms with E-state index in [1.807, 2.05) is 6.92 Å². The Balaban J connectivity index is 3.27. The van der Waals surface area contributed by atoms with Crippen LogP contribution < -0.4 is 11.1 Å². The minimum absolute atomic E-state index is 0.0842. The van der Waals surface area contributed by atoms with Crippen molar-refractivity contribution in [2.24, 2.45) is 5.73 Å². The molecule has 4 nitrogen and oxygen atoms in total. The smallest absolute Gasteiger partial charge is 0.219 e. The van der Waals surface area contributed by atoms with E-state index < -0.39 is 0 Å². The Kier molecular flexibility index (Phi) is 10.0. The highest BCUT2D eigenvalue weighted by atomic mass is 16.1. The standard InChI is InChI=1S/C12H24N2O2/c1-2-11(15)7-6-10-14-12(16)8-4-3-5-9-13/h2-10,13H2,1H3,(H,14,16). The fourth-order valence-electron chi connectivity index (χ4n) is 1.39. The van der Waals surface area contributed by atoms with E-state index >= 15 is 0 Å². The van der Waals surface area contributed by atoms with Crippen molar-refractivity contribution in [2.75, 3.05) is 13.1 Å². The van der Waals surface area contributed by atoms with E-state index in [9.17, 15) is 9.59 Å². The highest BCUT2D eigenvalue weighted by Crippen LogP contribution is 1.98. The molecule has 0 heterocycles. The van der Waals surface area contributed by atoms with Gasteiger partial charge < -0.3 is 11.1 Å². The quantitative estimate of drug-likeness (QED) is 0.555. The summed E-state index contributed by atoms with van der Waals surface area (Å²) in [4.78, 5) is 22.3. The molecule has 94 valence electrons. The number of nitrogens with one attached hydrogen (secondary N) is 1. The van der Waals surface area contributed by atoms with Crippen LogP contribution in [-0.2, 0) is 9.59 Å². The fraction of sp³-hybridized carbons (Fsp3) is 0.833. The number of ketones is 1. The monoisotopic (exact) mass is 228 g/mol. The number of carbonyl (C=O) groups excluding carboxylic acids is 2. The van der Waals surface area contributed by atoms with Gasteiger partial charge in [0.2, 0.25) is 5.91 Å². The van der Waals surface area contributed by atoms with E-state index in [-0.39, 0.29) is 11.7 Å². The third-order valence-electron chi connectivity index (χ3n) is 2.46. The van der Waals surface area contributed by atoms with E-state index in [4.69, 9.17) is 5.73 Å². The SMILES string of the molecule is CCC(=O)CCCNC(=O)CCCCCN. The molecule has 0 unspecified atom stereocenters. The van der Waals surface area contributed by atoms with Crippen molar-refractivity contribution in [1.29, 1.82) is 0 Å². The van der Waals surface area contributed by atoms with Gasteiger partial charge in [-0.05, 0) is 25.8 Å². The molecule has 0 radical (unpaired) electrons. The van der Waals surface area contributed by atoms with Crippen LogP contribution in [-0.4, -0.2) is 24.8 Å². The Labute approximate surface area is 98.0 Å². The number of nitrogens with two attached hydrogens (primary N) is 1. The lowest BCUT2D eigenvalue weighted by Crippen LogP contribution is -2.24. The molecule has 0 bridgehead atoms. The molecule has 0 aromatic carbocycles. The summed E-state index contributed by atoms with van der Waals surface area (Å²) in [7, 11) is 0. The summed E-state index contributed by atoms with van der Waals surface area (Å²) in [5.74, 6) is 0.346. The van der Waals surface area contributed by atoms with Crippen LogP contribution in [0.4, 0.5) is 0 Å². The predicted molar refractivity (Wildman–Crippen MR) is 65.1 cm³/mol. The molecule has 0 aliphatic carbocycles. The average molecular weight is 228 g/mol. The Morgan fingerprint density at radius 2 is 1.81 bits per heavy atom. The Hall–Kier alpha value is -0.900. The lowest BCUT2D eigenvalue weighted by atomic mass is 10.1. The topological polar surface area (TPSA) is 72.2 Å². The number of unbranched alkanes of at least 4 members (excludes halogenated alkanes) is 2. The van der Waals surface area contributed by atoms with Gasteiger partial charge in [0.05, 0.1) is 0 Å².